The molecule has 0 aliphatic carbocycles. The van der Waals surface area contributed by atoms with Crippen LogP contribution in [0.1, 0.15) is 40.9 Å². The highest BCUT2D eigenvalue weighted by atomic mass is 19.1. The highest BCUT2D eigenvalue weighted by Crippen LogP contribution is 2.15. The summed E-state index contributed by atoms with van der Waals surface area (Å²) in [5.74, 6) is 0.0795. The van der Waals surface area contributed by atoms with Crippen molar-refractivity contribution in [3.8, 4) is 0 Å². The van der Waals surface area contributed by atoms with Gasteiger partial charge < -0.3 is 0 Å². The zero-order chi connectivity index (χ0) is 14.7. The van der Waals surface area contributed by atoms with Gasteiger partial charge in [-0.1, -0.05) is 38.1 Å². The Kier molecular flexibility index (Phi) is 4.33. The van der Waals surface area contributed by atoms with Crippen LogP contribution in [0.25, 0.3) is 0 Å². The molecule has 1 nitrogen and oxygen atoms in total. The summed E-state index contributed by atoms with van der Waals surface area (Å²) in [7, 11) is 0. The summed E-state index contributed by atoms with van der Waals surface area (Å²) in [6, 6.07) is 12.0. The van der Waals surface area contributed by atoms with Crippen LogP contribution in [0, 0.1) is 18.7 Å². The van der Waals surface area contributed by atoms with Gasteiger partial charge in [0.25, 0.3) is 0 Å². The predicted octanol–water partition coefficient (Wildman–Crippen LogP) is 4.56. The summed E-state index contributed by atoms with van der Waals surface area (Å²) < 4.78 is 13.4. The number of carbonyl (C=O) groups excluding carboxylic acids is 1. The number of hydrogen-bond donors (Lipinski definition) is 0. The van der Waals surface area contributed by atoms with E-state index in [-0.39, 0.29) is 11.6 Å². The minimum Gasteiger partial charge on any atom is -0.289 e. The first-order valence-corrected chi connectivity index (χ1v) is 6.86. The van der Waals surface area contributed by atoms with E-state index in [4.69, 9.17) is 0 Å². The second-order valence-corrected chi connectivity index (χ2v) is 5.64. The molecule has 0 saturated heterocycles. The van der Waals surface area contributed by atoms with Crippen LogP contribution in [0.5, 0.6) is 0 Å². The third-order valence-corrected chi connectivity index (χ3v) is 3.16. The average Bonchev–Trinajstić information content (AvgIpc) is 2.37. The number of carbonyl (C=O) groups is 1. The quantitative estimate of drug-likeness (QED) is 0.744. The Labute approximate surface area is 119 Å². The van der Waals surface area contributed by atoms with E-state index in [2.05, 4.69) is 13.8 Å². The second kappa shape index (κ2) is 6.00. The Morgan fingerprint density at radius 1 is 1.05 bits per heavy atom. The molecule has 0 saturated carbocycles. The van der Waals surface area contributed by atoms with Crippen LogP contribution in [0.15, 0.2) is 42.5 Å². The molecule has 2 aromatic rings. The number of rotatable bonds is 4. The molecule has 0 radical (unpaired) electrons. The Morgan fingerprint density at radius 3 is 2.25 bits per heavy atom. The van der Waals surface area contributed by atoms with Gasteiger partial charge in [0.1, 0.15) is 5.82 Å². The van der Waals surface area contributed by atoms with Crippen LogP contribution in [0.4, 0.5) is 4.39 Å². The minimum atomic E-state index is -0.371. The van der Waals surface area contributed by atoms with Crippen LogP contribution in [-0.4, -0.2) is 5.78 Å². The van der Waals surface area contributed by atoms with E-state index in [0.717, 1.165) is 12.0 Å². The molecule has 0 aliphatic heterocycles. The highest BCUT2D eigenvalue weighted by molar-refractivity contribution is 6.09. The van der Waals surface area contributed by atoms with Gasteiger partial charge in [-0.2, -0.15) is 0 Å². The van der Waals surface area contributed by atoms with Gasteiger partial charge in [-0.15, -0.1) is 0 Å². The lowest BCUT2D eigenvalue weighted by molar-refractivity contribution is 0.103. The van der Waals surface area contributed by atoms with Gasteiger partial charge in [-0.3, -0.25) is 4.79 Å². The number of benzene rings is 2. The largest absolute Gasteiger partial charge is 0.289 e. The van der Waals surface area contributed by atoms with E-state index in [1.54, 1.807) is 13.0 Å². The molecule has 0 N–H and O–H groups in total. The summed E-state index contributed by atoms with van der Waals surface area (Å²) in [4.78, 5) is 12.3. The lowest BCUT2D eigenvalue weighted by Gasteiger charge is -2.07. The predicted molar refractivity (Wildman–Crippen MR) is 79.6 cm³/mol. The molecule has 0 spiro atoms. The highest BCUT2D eigenvalue weighted by Gasteiger charge is 2.11. The van der Waals surface area contributed by atoms with Gasteiger partial charge in [0.05, 0.1) is 0 Å². The fraction of sp³-hybridized carbons (Fsp3) is 0.278. The summed E-state index contributed by atoms with van der Waals surface area (Å²) in [6.07, 6.45) is 0.994. The van der Waals surface area contributed by atoms with Gasteiger partial charge in [0, 0.05) is 11.1 Å². The Hall–Kier alpha value is -1.96. The first-order valence-electron chi connectivity index (χ1n) is 6.86. The van der Waals surface area contributed by atoms with Crippen molar-refractivity contribution < 1.29 is 9.18 Å². The van der Waals surface area contributed by atoms with E-state index in [1.807, 2.05) is 24.3 Å². The lowest BCUT2D eigenvalue weighted by Crippen LogP contribution is -2.03. The summed E-state index contributed by atoms with van der Waals surface area (Å²) in [5.41, 5.74) is 2.97. The molecule has 2 aromatic carbocycles. The molecular weight excluding hydrogens is 251 g/mol. The van der Waals surface area contributed by atoms with E-state index >= 15 is 0 Å². The van der Waals surface area contributed by atoms with Gasteiger partial charge in [0.2, 0.25) is 0 Å². The summed E-state index contributed by atoms with van der Waals surface area (Å²) in [5, 5.41) is 0. The molecule has 0 aromatic heterocycles. The Balaban J connectivity index is 2.24. The first kappa shape index (κ1) is 14.4. The molecule has 104 valence electrons. The van der Waals surface area contributed by atoms with Gasteiger partial charge in [-0.25, -0.2) is 4.39 Å². The van der Waals surface area contributed by atoms with Crippen molar-refractivity contribution in [3.63, 3.8) is 0 Å². The van der Waals surface area contributed by atoms with Gasteiger partial charge in [-0.05, 0) is 48.6 Å². The van der Waals surface area contributed by atoms with Crippen LogP contribution in [0.2, 0.25) is 0 Å². The maximum Gasteiger partial charge on any atom is 0.193 e. The molecule has 0 fully saturated rings. The molecular formula is C18H19FO. The van der Waals surface area contributed by atoms with Crippen LogP contribution in [0.3, 0.4) is 0 Å². The minimum absolute atomic E-state index is 0.135. The Bertz CT molecular complexity index is 592. The zero-order valence-corrected chi connectivity index (χ0v) is 12.1. The molecule has 0 aliphatic rings. The molecule has 0 atom stereocenters. The SMILES string of the molecule is Cc1cc(F)cc(C(=O)c2ccc(CC(C)C)cc2)c1. The molecule has 0 amide bonds. The number of hydrogen-bond acceptors (Lipinski definition) is 1. The molecule has 2 rings (SSSR count). The van der Waals surface area contributed by atoms with Crippen molar-refractivity contribution in [2.45, 2.75) is 27.2 Å². The van der Waals surface area contributed by atoms with Crippen molar-refractivity contribution in [1.82, 2.24) is 0 Å². The average molecular weight is 270 g/mol. The summed E-state index contributed by atoms with van der Waals surface area (Å²) in [6.45, 7) is 6.11. The maximum atomic E-state index is 13.4. The molecule has 0 bridgehead atoms. The molecule has 0 heterocycles. The van der Waals surface area contributed by atoms with Gasteiger partial charge >= 0.3 is 0 Å². The Morgan fingerprint density at radius 2 is 1.70 bits per heavy atom. The zero-order valence-electron chi connectivity index (χ0n) is 12.1. The standard InChI is InChI=1S/C18H19FO/c1-12(2)8-14-4-6-15(7-5-14)18(20)16-9-13(3)10-17(19)11-16/h4-7,9-12H,8H2,1-3H3. The lowest BCUT2D eigenvalue weighted by atomic mass is 9.98. The van der Waals surface area contributed by atoms with Crippen LogP contribution < -0.4 is 0 Å². The second-order valence-electron chi connectivity index (χ2n) is 5.64. The monoisotopic (exact) mass is 270 g/mol. The van der Waals surface area contributed by atoms with E-state index < -0.39 is 0 Å². The van der Waals surface area contributed by atoms with Crippen LogP contribution >= 0.6 is 0 Å². The van der Waals surface area contributed by atoms with Crippen LogP contribution in [-0.2, 0) is 6.42 Å². The van der Waals surface area contributed by atoms with Crippen molar-refractivity contribution in [3.05, 3.63) is 70.5 Å². The number of aryl methyl sites for hydroxylation is 1. The third-order valence-electron chi connectivity index (χ3n) is 3.16. The topological polar surface area (TPSA) is 17.1 Å². The fourth-order valence-electron chi connectivity index (χ4n) is 2.30. The number of ketones is 1. The fourth-order valence-corrected chi connectivity index (χ4v) is 2.30. The normalized spacial score (nSPS) is 10.8. The molecule has 20 heavy (non-hydrogen) atoms. The van der Waals surface area contributed by atoms with Crippen molar-refractivity contribution in [1.29, 1.82) is 0 Å². The first-order chi connectivity index (χ1) is 9.45. The van der Waals surface area contributed by atoms with Gasteiger partial charge in [0.15, 0.2) is 5.78 Å². The smallest absolute Gasteiger partial charge is 0.193 e. The molecule has 2 heteroatoms. The van der Waals surface area contributed by atoms with E-state index in [1.165, 1.54) is 17.7 Å². The summed E-state index contributed by atoms with van der Waals surface area (Å²) >= 11 is 0. The maximum absolute atomic E-state index is 13.4. The third kappa shape index (κ3) is 3.53. The molecule has 0 unspecified atom stereocenters. The van der Waals surface area contributed by atoms with Crippen molar-refractivity contribution in [2.75, 3.05) is 0 Å². The van der Waals surface area contributed by atoms with E-state index in [9.17, 15) is 9.18 Å². The van der Waals surface area contributed by atoms with Crippen molar-refractivity contribution >= 4 is 5.78 Å². The number of halogens is 1. The van der Waals surface area contributed by atoms with Crippen molar-refractivity contribution in [2.24, 2.45) is 5.92 Å². The van der Waals surface area contributed by atoms with E-state index in [0.29, 0.717) is 17.0 Å².